The molecular weight excluding hydrogens is 349 g/mol. The molecule has 3 rings (SSSR count). The maximum absolute atomic E-state index is 12.2. The van der Waals surface area contributed by atoms with Crippen molar-refractivity contribution in [2.24, 2.45) is 0 Å². The molecule has 5 nitrogen and oxygen atoms in total. The minimum atomic E-state index is -0.302. The maximum atomic E-state index is 12.2. The van der Waals surface area contributed by atoms with Crippen molar-refractivity contribution >= 4 is 40.6 Å². The van der Waals surface area contributed by atoms with Gasteiger partial charge in [-0.2, -0.15) is 0 Å². The lowest BCUT2D eigenvalue weighted by Crippen LogP contribution is -2.13. The fraction of sp³-hybridized carbons (Fsp3) is 0.0588. The van der Waals surface area contributed by atoms with Crippen LogP contribution in [0.5, 0.6) is 0 Å². The van der Waals surface area contributed by atoms with Crippen molar-refractivity contribution in [1.82, 2.24) is 4.98 Å². The van der Waals surface area contributed by atoms with E-state index in [2.05, 4.69) is 15.6 Å². The predicted octanol–water partition coefficient (Wildman–Crippen LogP) is 4.85. The Bertz CT molecular complexity index is 834. The molecule has 0 aliphatic carbocycles. The zero-order valence-corrected chi connectivity index (χ0v) is 13.9. The normalized spacial score (nSPS) is 10.4. The number of anilines is 2. The Kier molecular flexibility index (Phi) is 5.03. The second-order valence-electron chi connectivity index (χ2n) is 4.94. The molecule has 24 heavy (non-hydrogen) atoms. The molecular formula is C17H13Cl2N3O2. The van der Waals surface area contributed by atoms with E-state index in [9.17, 15) is 4.79 Å². The number of benzene rings is 1. The predicted molar refractivity (Wildman–Crippen MR) is 94.7 cm³/mol. The first-order chi connectivity index (χ1) is 11.6. The molecule has 0 unspecified atom stereocenters. The quantitative estimate of drug-likeness (QED) is 0.681. The number of hydrogen-bond acceptors (Lipinski definition) is 4. The van der Waals surface area contributed by atoms with Crippen LogP contribution in [0, 0.1) is 0 Å². The summed E-state index contributed by atoms with van der Waals surface area (Å²) in [6.07, 6.45) is 3.10. The van der Waals surface area contributed by atoms with E-state index in [0.29, 0.717) is 33.7 Å². The number of halogens is 2. The van der Waals surface area contributed by atoms with Crippen LogP contribution in [0.4, 0.5) is 11.5 Å². The van der Waals surface area contributed by atoms with Gasteiger partial charge in [0, 0.05) is 11.2 Å². The molecule has 0 fully saturated rings. The second kappa shape index (κ2) is 7.38. The lowest BCUT2D eigenvalue weighted by Gasteiger charge is -2.08. The van der Waals surface area contributed by atoms with Crippen LogP contribution in [0.2, 0.25) is 10.0 Å². The number of rotatable bonds is 5. The molecule has 0 saturated heterocycles. The van der Waals surface area contributed by atoms with Gasteiger partial charge >= 0.3 is 0 Å². The zero-order valence-electron chi connectivity index (χ0n) is 12.4. The molecule has 1 aromatic carbocycles. The van der Waals surface area contributed by atoms with Crippen molar-refractivity contribution in [2.75, 3.05) is 10.6 Å². The largest absolute Gasteiger partial charge is 0.467 e. The summed E-state index contributed by atoms with van der Waals surface area (Å²) < 4.78 is 5.23. The third-order valence-corrected chi connectivity index (χ3v) is 3.78. The van der Waals surface area contributed by atoms with Crippen molar-refractivity contribution < 1.29 is 9.21 Å². The highest BCUT2D eigenvalue weighted by Gasteiger charge is 2.09. The Morgan fingerprint density at radius 3 is 2.71 bits per heavy atom. The monoisotopic (exact) mass is 361 g/mol. The highest BCUT2D eigenvalue weighted by atomic mass is 35.5. The van der Waals surface area contributed by atoms with Gasteiger partial charge in [0.1, 0.15) is 11.6 Å². The third-order valence-electron chi connectivity index (χ3n) is 3.23. The van der Waals surface area contributed by atoms with Gasteiger partial charge in [0.05, 0.1) is 29.1 Å². The van der Waals surface area contributed by atoms with Crippen molar-refractivity contribution in [3.8, 4) is 0 Å². The molecule has 0 bridgehead atoms. The van der Waals surface area contributed by atoms with Crippen molar-refractivity contribution in [2.45, 2.75) is 6.54 Å². The van der Waals surface area contributed by atoms with Gasteiger partial charge in [-0.3, -0.25) is 4.79 Å². The summed E-state index contributed by atoms with van der Waals surface area (Å²) in [4.78, 5) is 16.4. The molecule has 0 radical (unpaired) electrons. The number of nitrogens with one attached hydrogen (secondary N) is 2. The highest BCUT2D eigenvalue weighted by molar-refractivity contribution is 6.36. The average Bonchev–Trinajstić information content (AvgIpc) is 3.09. The van der Waals surface area contributed by atoms with Gasteiger partial charge in [-0.05, 0) is 42.5 Å². The smallest absolute Gasteiger partial charge is 0.257 e. The molecule has 1 amide bonds. The van der Waals surface area contributed by atoms with Crippen LogP contribution in [0.1, 0.15) is 16.1 Å². The summed E-state index contributed by atoms with van der Waals surface area (Å²) in [6, 6.07) is 12.0. The Hall–Kier alpha value is -2.50. The van der Waals surface area contributed by atoms with Gasteiger partial charge < -0.3 is 15.1 Å². The summed E-state index contributed by atoms with van der Waals surface area (Å²) in [7, 11) is 0. The molecule has 3 aromatic rings. The van der Waals surface area contributed by atoms with Crippen LogP contribution >= 0.6 is 23.2 Å². The first-order valence-electron chi connectivity index (χ1n) is 7.10. The van der Waals surface area contributed by atoms with Crippen LogP contribution in [0.3, 0.4) is 0 Å². The molecule has 7 heteroatoms. The molecule has 122 valence electrons. The van der Waals surface area contributed by atoms with Gasteiger partial charge in [-0.1, -0.05) is 23.2 Å². The first kappa shape index (κ1) is 16.4. The summed E-state index contributed by atoms with van der Waals surface area (Å²) >= 11 is 11.9. The Balaban J connectivity index is 1.63. The van der Waals surface area contributed by atoms with E-state index in [4.69, 9.17) is 27.6 Å². The Morgan fingerprint density at radius 1 is 1.17 bits per heavy atom. The van der Waals surface area contributed by atoms with E-state index in [1.807, 2.05) is 12.1 Å². The first-order valence-corrected chi connectivity index (χ1v) is 7.86. The van der Waals surface area contributed by atoms with E-state index in [-0.39, 0.29) is 5.91 Å². The van der Waals surface area contributed by atoms with Crippen molar-refractivity contribution in [3.05, 3.63) is 76.3 Å². The number of aromatic nitrogens is 1. The van der Waals surface area contributed by atoms with Crippen LogP contribution in [0.15, 0.2) is 59.3 Å². The SMILES string of the molecule is O=C(Nc1ccc(Cl)cc1Cl)c1ccc(NCc2ccco2)nc1. The average molecular weight is 362 g/mol. The molecule has 0 spiro atoms. The van der Waals surface area contributed by atoms with E-state index in [1.165, 1.54) is 6.20 Å². The fourth-order valence-electron chi connectivity index (χ4n) is 2.01. The Morgan fingerprint density at radius 2 is 2.04 bits per heavy atom. The molecule has 0 aliphatic heterocycles. The molecule has 2 N–H and O–H groups in total. The van der Waals surface area contributed by atoms with Crippen molar-refractivity contribution in [1.29, 1.82) is 0 Å². The molecule has 2 heterocycles. The van der Waals surface area contributed by atoms with Gasteiger partial charge in [0.25, 0.3) is 5.91 Å². The van der Waals surface area contributed by atoms with E-state index in [0.717, 1.165) is 5.76 Å². The van der Waals surface area contributed by atoms with Gasteiger partial charge in [-0.15, -0.1) is 0 Å². The molecule has 2 aromatic heterocycles. The summed E-state index contributed by atoms with van der Waals surface area (Å²) in [5, 5.41) is 6.71. The number of nitrogens with zero attached hydrogens (tertiary/aromatic N) is 1. The summed E-state index contributed by atoms with van der Waals surface area (Å²) in [5.41, 5.74) is 0.913. The van der Waals surface area contributed by atoms with Crippen LogP contribution in [-0.2, 0) is 6.54 Å². The summed E-state index contributed by atoms with van der Waals surface area (Å²) in [6.45, 7) is 0.520. The van der Waals surface area contributed by atoms with E-state index in [1.54, 1.807) is 36.6 Å². The topological polar surface area (TPSA) is 67.2 Å². The van der Waals surface area contributed by atoms with E-state index < -0.39 is 0 Å². The van der Waals surface area contributed by atoms with Gasteiger partial charge in [0.15, 0.2) is 0 Å². The maximum Gasteiger partial charge on any atom is 0.257 e. The molecule has 0 aliphatic rings. The number of hydrogen-bond donors (Lipinski definition) is 2. The second-order valence-corrected chi connectivity index (χ2v) is 5.79. The highest BCUT2D eigenvalue weighted by Crippen LogP contribution is 2.25. The zero-order chi connectivity index (χ0) is 16.9. The lowest BCUT2D eigenvalue weighted by molar-refractivity contribution is 0.102. The fourth-order valence-corrected chi connectivity index (χ4v) is 2.46. The number of carbonyl (C=O) groups is 1. The molecule has 0 atom stereocenters. The minimum absolute atomic E-state index is 0.302. The third kappa shape index (κ3) is 4.07. The number of carbonyl (C=O) groups excluding carboxylic acids is 1. The lowest BCUT2D eigenvalue weighted by atomic mass is 10.2. The van der Waals surface area contributed by atoms with Crippen molar-refractivity contribution in [3.63, 3.8) is 0 Å². The number of furan rings is 1. The van der Waals surface area contributed by atoms with Crippen LogP contribution in [0.25, 0.3) is 0 Å². The van der Waals surface area contributed by atoms with Gasteiger partial charge in [0.2, 0.25) is 0 Å². The van der Waals surface area contributed by atoms with E-state index >= 15 is 0 Å². The number of amides is 1. The van der Waals surface area contributed by atoms with Crippen LogP contribution < -0.4 is 10.6 Å². The number of pyridine rings is 1. The standard InChI is InChI=1S/C17H13Cl2N3O2/c18-12-4-5-15(14(19)8-12)22-17(23)11-3-6-16(20-9-11)21-10-13-2-1-7-24-13/h1-9H,10H2,(H,20,21)(H,22,23). The summed E-state index contributed by atoms with van der Waals surface area (Å²) in [5.74, 6) is 1.15. The molecule has 0 saturated carbocycles. The van der Waals surface area contributed by atoms with Gasteiger partial charge in [-0.25, -0.2) is 4.98 Å². The van der Waals surface area contributed by atoms with Crippen LogP contribution in [-0.4, -0.2) is 10.9 Å². The minimum Gasteiger partial charge on any atom is -0.467 e. The Labute approximate surface area is 148 Å².